The van der Waals surface area contributed by atoms with E-state index in [2.05, 4.69) is 102 Å². The van der Waals surface area contributed by atoms with Crippen molar-refractivity contribution in [1.82, 2.24) is 29.9 Å². The van der Waals surface area contributed by atoms with Gasteiger partial charge in [-0.1, -0.05) is 52.0 Å². The molecule has 0 unspecified atom stereocenters. The van der Waals surface area contributed by atoms with Crippen LogP contribution in [0.5, 0.6) is 0 Å². The van der Waals surface area contributed by atoms with Crippen LogP contribution in [0.3, 0.4) is 0 Å². The lowest BCUT2D eigenvalue weighted by Gasteiger charge is -2.24. The van der Waals surface area contributed by atoms with E-state index in [1.807, 2.05) is 24.3 Å². The topological polar surface area (TPSA) is 101 Å². The zero-order chi connectivity index (χ0) is 37.4. The summed E-state index contributed by atoms with van der Waals surface area (Å²) in [6.07, 6.45) is 3.28. The summed E-state index contributed by atoms with van der Waals surface area (Å²) < 4.78 is 0. The zero-order valence-electron chi connectivity index (χ0n) is 32.3. The van der Waals surface area contributed by atoms with Gasteiger partial charge in [-0.3, -0.25) is 0 Å². The van der Waals surface area contributed by atoms with Gasteiger partial charge in [-0.05, 0) is 134 Å². The molecular formula is C46H44N8. The van der Waals surface area contributed by atoms with Crippen LogP contribution in [0, 0.1) is 0 Å². The Hall–Kier alpha value is -6.02. The maximum absolute atomic E-state index is 5.43. The van der Waals surface area contributed by atoms with Crippen molar-refractivity contribution in [3.05, 3.63) is 106 Å². The summed E-state index contributed by atoms with van der Waals surface area (Å²) in [5.74, 6) is 0. The van der Waals surface area contributed by atoms with E-state index in [1.54, 1.807) is 0 Å². The summed E-state index contributed by atoms with van der Waals surface area (Å²) in [6.45, 7) is 17.5. The molecule has 0 amide bonds. The predicted molar refractivity (Wildman–Crippen MR) is 225 cm³/mol. The van der Waals surface area contributed by atoms with Gasteiger partial charge in [-0.25, -0.2) is 29.9 Å². The van der Waals surface area contributed by atoms with Crippen molar-refractivity contribution in [3.63, 3.8) is 0 Å². The van der Waals surface area contributed by atoms with Gasteiger partial charge in [0.15, 0.2) is 0 Å². The Labute approximate surface area is 316 Å². The van der Waals surface area contributed by atoms with Crippen molar-refractivity contribution >= 4 is 89.4 Å². The molecule has 5 aliphatic rings. The molecule has 0 spiro atoms. The molecule has 0 saturated carbocycles. The van der Waals surface area contributed by atoms with E-state index >= 15 is 0 Å². The lowest BCUT2D eigenvalue weighted by molar-refractivity contribution is 1.18. The van der Waals surface area contributed by atoms with Crippen LogP contribution in [0.15, 0.2) is 60.7 Å². The Morgan fingerprint density at radius 1 is 0.407 bits per heavy atom. The first-order valence-electron chi connectivity index (χ1n) is 19.2. The first kappa shape index (κ1) is 33.8. The van der Waals surface area contributed by atoms with Crippen LogP contribution in [0.4, 0.5) is 22.7 Å². The van der Waals surface area contributed by atoms with Crippen LogP contribution in [-0.4, -0.2) is 29.9 Å². The molecule has 2 aromatic heterocycles. The van der Waals surface area contributed by atoms with E-state index in [0.717, 1.165) is 149 Å². The summed E-state index contributed by atoms with van der Waals surface area (Å²) in [5.41, 5.74) is 23.6. The molecule has 0 radical (unpaired) electrons. The van der Waals surface area contributed by atoms with E-state index in [9.17, 15) is 0 Å². The number of allylic oxidation sites excluding steroid dienone is 8. The molecule has 8 bridgehead atoms. The van der Waals surface area contributed by atoms with Gasteiger partial charge in [0, 0.05) is 0 Å². The highest BCUT2D eigenvalue weighted by Gasteiger charge is 2.30. The fraction of sp³-hybridized carbons (Fsp3) is 0.261. The van der Waals surface area contributed by atoms with Crippen molar-refractivity contribution in [2.24, 2.45) is 0 Å². The molecule has 5 aliphatic heterocycles. The minimum Gasteiger partial charge on any atom is -0.350 e. The largest absolute Gasteiger partial charge is 0.350 e. The van der Waals surface area contributed by atoms with Gasteiger partial charge in [-0.15, -0.1) is 0 Å². The Bertz CT molecular complexity index is 2560. The van der Waals surface area contributed by atoms with Crippen molar-refractivity contribution in [1.29, 1.82) is 0 Å². The molecule has 0 fully saturated rings. The number of para-hydroxylation sites is 4. The third-order valence-electron chi connectivity index (χ3n) is 11.6. The zero-order valence-corrected chi connectivity index (χ0v) is 32.3. The van der Waals surface area contributed by atoms with Gasteiger partial charge in [0.1, 0.15) is 11.0 Å². The van der Waals surface area contributed by atoms with Gasteiger partial charge >= 0.3 is 0 Å². The second-order valence-corrected chi connectivity index (χ2v) is 14.5. The average molecular weight is 709 g/mol. The molecule has 0 atom stereocenters. The molecule has 2 aromatic carbocycles. The van der Waals surface area contributed by atoms with Gasteiger partial charge in [0.25, 0.3) is 0 Å². The van der Waals surface area contributed by atoms with Gasteiger partial charge in [0.2, 0.25) is 0 Å². The van der Waals surface area contributed by atoms with Crippen LogP contribution in [0.2, 0.25) is 0 Å². The number of anilines is 4. The summed E-state index contributed by atoms with van der Waals surface area (Å²) in [5, 5.41) is 7.60. The first-order valence-corrected chi connectivity index (χ1v) is 19.2. The number of benzene rings is 2. The van der Waals surface area contributed by atoms with Gasteiger partial charge in [-0.2, -0.15) is 0 Å². The van der Waals surface area contributed by atoms with Crippen molar-refractivity contribution in [2.45, 2.75) is 81.1 Å². The lowest BCUT2D eigenvalue weighted by atomic mass is 9.98. The maximum Gasteiger partial charge on any atom is 0.118 e. The average Bonchev–Trinajstić information content (AvgIpc) is 3.89. The number of aromatic nitrogens is 6. The fourth-order valence-electron chi connectivity index (χ4n) is 8.62. The minimum absolute atomic E-state index is 0.765. The Morgan fingerprint density at radius 2 is 0.778 bits per heavy atom. The van der Waals surface area contributed by atoms with E-state index < -0.39 is 0 Å². The molecule has 8 heteroatoms. The second kappa shape index (κ2) is 12.8. The van der Waals surface area contributed by atoms with Crippen molar-refractivity contribution in [3.8, 4) is 0 Å². The van der Waals surface area contributed by atoms with Crippen LogP contribution in [-0.2, 0) is 0 Å². The molecule has 268 valence electrons. The monoisotopic (exact) mass is 708 g/mol. The van der Waals surface area contributed by atoms with E-state index in [1.165, 1.54) is 11.1 Å². The van der Waals surface area contributed by atoms with Gasteiger partial charge in [0.05, 0.1) is 79.3 Å². The van der Waals surface area contributed by atoms with Crippen molar-refractivity contribution < 1.29 is 0 Å². The standard InChI is InChI=1S/C46H44N8/c1-9-27-25(7)39-43-44(48-32-18-14-13-17-31(32)47-43)40-26(8)28(10-2)38(54-40)22-36-24(6)30(12-4)42(52-36)46-45(49-33-19-15-16-20-34(33)50-46)41-29(11-3)23(5)35(51-41)21-37(27)53-39/h13-22,47-48H,9-12H2,1-8H3. The van der Waals surface area contributed by atoms with Crippen molar-refractivity contribution in [2.75, 3.05) is 10.6 Å². The summed E-state index contributed by atoms with van der Waals surface area (Å²) in [7, 11) is 0. The van der Waals surface area contributed by atoms with E-state index in [0.29, 0.717) is 0 Å². The predicted octanol–water partition coefficient (Wildman–Crippen LogP) is 12.2. The van der Waals surface area contributed by atoms with Crippen LogP contribution >= 0.6 is 0 Å². The summed E-state index contributed by atoms with van der Waals surface area (Å²) in [6, 6.07) is 20.8. The molecule has 54 heavy (non-hydrogen) atoms. The third kappa shape index (κ3) is 5.03. The lowest BCUT2D eigenvalue weighted by Crippen LogP contribution is -2.09. The van der Waals surface area contributed by atoms with E-state index in [4.69, 9.17) is 29.9 Å². The second-order valence-electron chi connectivity index (χ2n) is 14.5. The highest BCUT2D eigenvalue weighted by Crippen LogP contribution is 2.49. The number of nitrogens with zero attached hydrogens (tertiary/aromatic N) is 6. The molecule has 2 N–H and O–H groups in total. The van der Waals surface area contributed by atoms with Crippen LogP contribution in [0.25, 0.3) is 66.7 Å². The van der Waals surface area contributed by atoms with Gasteiger partial charge < -0.3 is 10.6 Å². The smallest absolute Gasteiger partial charge is 0.118 e. The van der Waals surface area contributed by atoms with Crippen LogP contribution in [0.1, 0.15) is 127 Å². The Kier molecular flexibility index (Phi) is 8.03. The third-order valence-corrected chi connectivity index (χ3v) is 11.6. The number of hydrogen-bond donors (Lipinski definition) is 2. The van der Waals surface area contributed by atoms with Crippen LogP contribution < -0.4 is 10.6 Å². The number of rotatable bonds is 4. The SMILES string of the molecule is CCC1=C(C)c2nc1cc1nc(c3nc4ccccc4nc3c3nc(cc4nc(c5c2Nc2ccccc2N5)C(C)=C4CC)C(C)=C3CC)C(CC)=C1C. The summed E-state index contributed by atoms with van der Waals surface area (Å²) in [4.78, 5) is 32.3. The molecule has 0 saturated heterocycles. The normalized spacial score (nSPS) is 15.0. The summed E-state index contributed by atoms with van der Waals surface area (Å²) >= 11 is 0. The number of nitrogens with one attached hydrogen (secondary N) is 2. The molecule has 4 aromatic rings. The minimum atomic E-state index is 0.765. The molecular weight excluding hydrogens is 665 g/mol. The Balaban J connectivity index is 1.51. The van der Waals surface area contributed by atoms with E-state index in [-0.39, 0.29) is 0 Å². The first-order chi connectivity index (χ1) is 26.2. The molecule has 9 rings (SSSR count). The highest BCUT2D eigenvalue weighted by molar-refractivity contribution is 6.08. The quantitative estimate of drug-likeness (QED) is 0.190. The number of hydrogen-bond acceptors (Lipinski definition) is 8. The molecule has 0 aliphatic carbocycles. The highest BCUT2D eigenvalue weighted by atomic mass is 15.1. The Morgan fingerprint density at radius 3 is 1.17 bits per heavy atom. The fourth-order valence-corrected chi connectivity index (χ4v) is 8.62. The molecule has 8 nitrogen and oxygen atoms in total. The maximum atomic E-state index is 5.43. The number of fused-ring (bicyclic) bond motifs is 16. The molecule has 7 heterocycles.